The first-order valence-electron chi connectivity index (χ1n) is 6.28. The Morgan fingerprint density at radius 3 is 2.55 bits per heavy atom. The van der Waals surface area contributed by atoms with Gasteiger partial charge in [-0.2, -0.15) is 13.1 Å². The standard InChI is InChI=1S/C13H13BrN2O3S/c14-9-6-4-8(5-7-9)13-12-10(2-1-3-11(12)17)15-20(18,19)16-13/h4-7,13,15-16H,1-3H2. The summed E-state index contributed by atoms with van der Waals surface area (Å²) < 4.78 is 29.6. The van der Waals surface area contributed by atoms with Crippen LogP contribution in [0.25, 0.3) is 0 Å². The summed E-state index contributed by atoms with van der Waals surface area (Å²) >= 11 is 3.34. The van der Waals surface area contributed by atoms with E-state index in [1.165, 1.54) is 0 Å². The normalized spacial score (nSPS) is 25.1. The van der Waals surface area contributed by atoms with Crippen molar-refractivity contribution >= 4 is 31.9 Å². The zero-order chi connectivity index (χ0) is 14.3. The number of carbonyl (C=O) groups is 1. The van der Waals surface area contributed by atoms with Crippen LogP contribution < -0.4 is 9.44 Å². The largest absolute Gasteiger partial charge is 0.299 e. The first-order valence-corrected chi connectivity index (χ1v) is 8.56. The third kappa shape index (κ3) is 2.53. The lowest BCUT2D eigenvalue weighted by Crippen LogP contribution is -2.47. The molecule has 1 heterocycles. The van der Waals surface area contributed by atoms with Gasteiger partial charge in [0.1, 0.15) is 0 Å². The third-order valence-electron chi connectivity index (χ3n) is 3.48. The van der Waals surface area contributed by atoms with Crippen LogP contribution in [0.1, 0.15) is 30.9 Å². The van der Waals surface area contributed by atoms with Crippen molar-refractivity contribution in [2.24, 2.45) is 0 Å². The minimum Gasteiger partial charge on any atom is -0.294 e. The summed E-state index contributed by atoms with van der Waals surface area (Å²) in [7, 11) is -3.61. The van der Waals surface area contributed by atoms with Crippen molar-refractivity contribution in [2.45, 2.75) is 25.3 Å². The van der Waals surface area contributed by atoms with Gasteiger partial charge in [-0.3, -0.25) is 9.52 Å². The van der Waals surface area contributed by atoms with Crippen LogP contribution in [-0.4, -0.2) is 14.2 Å². The van der Waals surface area contributed by atoms with Gasteiger partial charge in [0.05, 0.1) is 6.04 Å². The van der Waals surface area contributed by atoms with Crippen molar-refractivity contribution in [3.8, 4) is 0 Å². The number of halogens is 1. The van der Waals surface area contributed by atoms with Crippen LogP contribution in [0, 0.1) is 0 Å². The molecule has 0 bridgehead atoms. The van der Waals surface area contributed by atoms with Gasteiger partial charge in [0.2, 0.25) is 0 Å². The first-order chi connectivity index (χ1) is 9.46. The van der Waals surface area contributed by atoms with E-state index in [9.17, 15) is 13.2 Å². The van der Waals surface area contributed by atoms with E-state index in [0.717, 1.165) is 10.0 Å². The number of benzene rings is 1. The molecule has 0 aromatic heterocycles. The van der Waals surface area contributed by atoms with Crippen LogP contribution in [0.2, 0.25) is 0 Å². The van der Waals surface area contributed by atoms with Gasteiger partial charge in [0.25, 0.3) is 10.2 Å². The van der Waals surface area contributed by atoms with Gasteiger partial charge in [-0.25, -0.2) is 0 Å². The monoisotopic (exact) mass is 356 g/mol. The minimum atomic E-state index is -3.61. The Hall–Kier alpha value is -1.18. The van der Waals surface area contributed by atoms with Crippen LogP contribution in [-0.2, 0) is 15.0 Å². The van der Waals surface area contributed by atoms with E-state index >= 15 is 0 Å². The van der Waals surface area contributed by atoms with Gasteiger partial charge in [-0.05, 0) is 30.5 Å². The third-order valence-corrected chi connectivity index (χ3v) is 5.07. The summed E-state index contributed by atoms with van der Waals surface area (Å²) in [6, 6.07) is 6.69. The maximum Gasteiger partial charge on any atom is 0.299 e. The van der Waals surface area contributed by atoms with Crippen LogP contribution in [0.3, 0.4) is 0 Å². The fourth-order valence-electron chi connectivity index (χ4n) is 2.60. The molecule has 5 nitrogen and oxygen atoms in total. The maximum atomic E-state index is 12.1. The number of allylic oxidation sites excluding steroid dienone is 1. The van der Waals surface area contributed by atoms with Gasteiger partial charge in [0, 0.05) is 22.2 Å². The summed E-state index contributed by atoms with van der Waals surface area (Å²) in [6.45, 7) is 0. The second kappa shape index (κ2) is 4.98. The Morgan fingerprint density at radius 2 is 1.85 bits per heavy atom. The molecule has 20 heavy (non-hydrogen) atoms. The zero-order valence-electron chi connectivity index (χ0n) is 10.5. The number of carbonyl (C=O) groups excluding carboxylic acids is 1. The number of rotatable bonds is 1. The van der Waals surface area contributed by atoms with E-state index in [1.54, 1.807) is 0 Å². The minimum absolute atomic E-state index is 0.00840. The maximum absolute atomic E-state index is 12.1. The molecule has 1 aromatic rings. The molecular weight excluding hydrogens is 344 g/mol. The Bertz CT molecular complexity index is 695. The van der Waals surface area contributed by atoms with E-state index in [-0.39, 0.29) is 5.78 Å². The number of Topliss-reactive ketones (excluding diaryl/α,β-unsaturated/α-hetero) is 1. The van der Waals surface area contributed by atoms with Gasteiger partial charge >= 0.3 is 0 Å². The van der Waals surface area contributed by atoms with E-state index in [4.69, 9.17) is 0 Å². The molecule has 1 atom stereocenters. The molecule has 3 rings (SSSR count). The molecule has 0 amide bonds. The smallest absolute Gasteiger partial charge is 0.294 e. The molecule has 0 saturated heterocycles. The summed E-state index contributed by atoms with van der Waals surface area (Å²) in [5.74, 6) is 0.00840. The van der Waals surface area contributed by atoms with Gasteiger partial charge in [-0.15, -0.1) is 0 Å². The number of ketones is 1. The Morgan fingerprint density at radius 1 is 1.15 bits per heavy atom. The van der Waals surface area contributed by atoms with Gasteiger partial charge < -0.3 is 0 Å². The summed E-state index contributed by atoms with van der Waals surface area (Å²) in [6.07, 6.45) is 1.75. The Kier molecular flexibility index (Phi) is 3.43. The fourth-order valence-corrected chi connectivity index (χ4v) is 4.02. The lowest BCUT2D eigenvalue weighted by atomic mass is 9.87. The average molecular weight is 357 g/mol. The molecule has 1 aromatic carbocycles. The molecule has 1 aliphatic carbocycles. The summed E-state index contributed by atoms with van der Waals surface area (Å²) in [5.41, 5.74) is 1.85. The number of hydrogen-bond acceptors (Lipinski definition) is 3. The summed E-state index contributed by atoms with van der Waals surface area (Å²) in [4.78, 5) is 12.1. The van der Waals surface area contributed by atoms with Crippen molar-refractivity contribution in [2.75, 3.05) is 0 Å². The summed E-state index contributed by atoms with van der Waals surface area (Å²) in [5, 5.41) is 0. The molecule has 1 aliphatic heterocycles. The Labute approximate surface area is 125 Å². The first kappa shape index (κ1) is 13.8. The fraction of sp³-hybridized carbons (Fsp3) is 0.308. The van der Waals surface area contributed by atoms with Crippen molar-refractivity contribution in [1.29, 1.82) is 0 Å². The molecular formula is C13H13BrN2O3S. The van der Waals surface area contributed by atoms with Crippen LogP contribution >= 0.6 is 15.9 Å². The van der Waals surface area contributed by atoms with E-state index in [0.29, 0.717) is 30.5 Å². The molecule has 106 valence electrons. The van der Waals surface area contributed by atoms with Crippen molar-refractivity contribution < 1.29 is 13.2 Å². The lowest BCUT2D eigenvalue weighted by molar-refractivity contribution is -0.116. The van der Waals surface area contributed by atoms with Crippen molar-refractivity contribution in [1.82, 2.24) is 9.44 Å². The number of nitrogens with one attached hydrogen (secondary N) is 2. The quantitative estimate of drug-likeness (QED) is 0.807. The van der Waals surface area contributed by atoms with Crippen LogP contribution in [0.15, 0.2) is 40.0 Å². The molecule has 2 N–H and O–H groups in total. The van der Waals surface area contributed by atoms with E-state index < -0.39 is 16.3 Å². The van der Waals surface area contributed by atoms with Crippen LogP contribution in [0.4, 0.5) is 0 Å². The molecule has 0 spiro atoms. The number of hydrogen-bond donors (Lipinski definition) is 2. The SMILES string of the molecule is O=C1CCCC2=C1C(c1ccc(Br)cc1)NS(=O)(=O)N2. The van der Waals surface area contributed by atoms with Gasteiger partial charge in [-0.1, -0.05) is 28.1 Å². The molecule has 0 radical (unpaired) electrons. The van der Waals surface area contributed by atoms with Crippen molar-refractivity contribution in [3.05, 3.63) is 45.6 Å². The highest BCUT2D eigenvalue weighted by atomic mass is 79.9. The van der Waals surface area contributed by atoms with Gasteiger partial charge in [0.15, 0.2) is 5.78 Å². The second-order valence-electron chi connectivity index (χ2n) is 4.88. The van der Waals surface area contributed by atoms with Crippen LogP contribution in [0.5, 0.6) is 0 Å². The molecule has 0 fully saturated rings. The predicted octanol–water partition coefficient (Wildman–Crippen LogP) is 1.93. The van der Waals surface area contributed by atoms with E-state index in [2.05, 4.69) is 25.4 Å². The molecule has 2 aliphatic rings. The highest BCUT2D eigenvalue weighted by Gasteiger charge is 2.36. The Balaban J connectivity index is 2.11. The molecule has 1 unspecified atom stereocenters. The molecule has 7 heteroatoms. The second-order valence-corrected chi connectivity index (χ2v) is 7.24. The van der Waals surface area contributed by atoms with Crippen molar-refractivity contribution in [3.63, 3.8) is 0 Å². The zero-order valence-corrected chi connectivity index (χ0v) is 12.9. The highest BCUT2D eigenvalue weighted by Crippen LogP contribution is 2.34. The lowest BCUT2D eigenvalue weighted by Gasteiger charge is -2.32. The topological polar surface area (TPSA) is 75.3 Å². The predicted molar refractivity (Wildman–Crippen MR) is 78.0 cm³/mol. The molecule has 0 saturated carbocycles. The highest BCUT2D eigenvalue weighted by molar-refractivity contribution is 9.10. The average Bonchev–Trinajstić information content (AvgIpc) is 2.37. The van der Waals surface area contributed by atoms with E-state index in [1.807, 2.05) is 24.3 Å².